The van der Waals surface area contributed by atoms with E-state index in [1.807, 2.05) is 0 Å². The minimum Gasteiger partial charge on any atom is -0.493 e. The predicted octanol–water partition coefficient (Wildman–Crippen LogP) is 5.10. The number of rotatable bonds is 9. The molecule has 1 atom stereocenters. The number of hydrogen-bond donors (Lipinski definition) is 2. The lowest BCUT2D eigenvalue weighted by Gasteiger charge is -2.23. The number of nitrogens with one attached hydrogen (secondary N) is 1. The molecular formula is C20H25F3N6O4S2. The van der Waals surface area contributed by atoms with Gasteiger partial charge in [0, 0.05) is 6.04 Å². The monoisotopic (exact) mass is 534 g/mol. The predicted molar refractivity (Wildman–Crippen MR) is 123 cm³/mol. The molecule has 0 radical (unpaired) electrons. The second-order valence-electron chi connectivity index (χ2n) is 8.11. The summed E-state index contributed by atoms with van der Waals surface area (Å²) in [5.41, 5.74) is -4.70. The molecule has 0 amide bonds. The van der Waals surface area contributed by atoms with Gasteiger partial charge >= 0.3 is 6.18 Å². The Bertz CT molecular complexity index is 1320. The number of aromatic hydroxyl groups is 1. The zero-order chi connectivity index (χ0) is 26.7. The van der Waals surface area contributed by atoms with E-state index in [9.17, 15) is 36.8 Å². The number of pyridine rings is 1. The summed E-state index contributed by atoms with van der Waals surface area (Å²) in [6, 6.07) is 0.932. The van der Waals surface area contributed by atoms with Crippen LogP contribution < -0.4 is 5.56 Å². The lowest BCUT2D eigenvalue weighted by atomic mass is 10.0. The van der Waals surface area contributed by atoms with E-state index in [2.05, 4.69) is 20.4 Å². The maximum absolute atomic E-state index is 14.2. The van der Waals surface area contributed by atoms with Crippen molar-refractivity contribution in [3.05, 3.63) is 21.5 Å². The van der Waals surface area contributed by atoms with Gasteiger partial charge in [0.2, 0.25) is 5.88 Å². The fourth-order valence-electron chi connectivity index (χ4n) is 3.60. The Morgan fingerprint density at radius 3 is 2.40 bits per heavy atom. The number of nitriles is 1. The SMILES string of the molecule is CCCS(=O)(=O)c1c(C(F)(F)F)c(N=Nc2[nH]nc(SC)c2C#N)c(=O)n(C(C)CC(C)C)c1O. The largest absolute Gasteiger partial charge is 0.493 e. The standard InChI is InChI=1S/C20H25F3N6O4S2/c1-6-7-35(32,33)15-13(20(21,22)23)14(18(30)29(19(15)31)11(4)8-10(2)3)25-26-16-12(9-24)17(34-5)28-27-16/h10-11,31H,6-8H2,1-5H3,(H,27,28). The van der Waals surface area contributed by atoms with Gasteiger partial charge in [0.25, 0.3) is 5.56 Å². The highest BCUT2D eigenvalue weighted by Crippen LogP contribution is 2.44. The molecule has 1 unspecified atom stereocenters. The van der Waals surface area contributed by atoms with Crippen LogP contribution >= 0.6 is 11.8 Å². The number of aromatic amines is 1. The summed E-state index contributed by atoms with van der Waals surface area (Å²) in [5.74, 6) is -2.34. The van der Waals surface area contributed by atoms with Gasteiger partial charge in [-0.3, -0.25) is 14.5 Å². The summed E-state index contributed by atoms with van der Waals surface area (Å²) in [4.78, 5) is 11.8. The maximum Gasteiger partial charge on any atom is 0.420 e. The molecule has 0 saturated heterocycles. The molecule has 0 aliphatic carbocycles. The number of thioether (sulfide) groups is 1. The summed E-state index contributed by atoms with van der Waals surface area (Å²) in [5, 5.41) is 33.5. The van der Waals surface area contributed by atoms with Gasteiger partial charge in [-0.05, 0) is 31.9 Å². The van der Waals surface area contributed by atoms with Crippen LogP contribution in [0.15, 0.2) is 24.9 Å². The van der Waals surface area contributed by atoms with Gasteiger partial charge in [0.05, 0.1) is 5.75 Å². The van der Waals surface area contributed by atoms with E-state index in [4.69, 9.17) is 0 Å². The highest BCUT2D eigenvalue weighted by molar-refractivity contribution is 7.98. The van der Waals surface area contributed by atoms with Gasteiger partial charge < -0.3 is 5.11 Å². The smallest absolute Gasteiger partial charge is 0.420 e. The van der Waals surface area contributed by atoms with Crippen LogP contribution in [0.4, 0.5) is 24.7 Å². The van der Waals surface area contributed by atoms with Crippen LogP contribution in [-0.2, 0) is 16.0 Å². The number of azo groups is 1. The zero-order valence-corrected chi connectivity index (χ0v) is 21.3. The van der Waals surface area contributed by atoms with E-state index in [0.717, 1.165) is 11.8 Å². The Morgan fingerprint density at radius 1 is 1.29 bits per heavy atom. The molecule has 2 heterocycles. The van der Waals surface area contributed by atoms with Gasteiger partial charge in [-0.15, -0.1) is 22.0 Å². The summed E-state index contributed by atoms with van der Waals surface area (Å²) < 4.78 is 69.0. The molecule has 0 bridgehead atoms. The van der Waals surface area contributed by atoms with E-state index in [-0.39, 0.29) is 35.2 Å². The Hall–Kier alpha value is -2.86. The van der Waals surface area contributed by atoms with Crippen LogP contribution in [0.5, 0.6) is 5.88 Å². The average molecular weight is 535 g/mol. The first-order valence-electron chi connectivity index (χ1n) is 10.5. The van der Waals surface area contributed by atoms with E-state index in [1.54, 1.807) is 26.2 Å². The molecule has 0 saturated carbocycles. The lowest BCUT2D eigenvalue weighted by Crippen LogP contribution is -2.30. The number of hydrogen-bond acceptors (Lipinski definition) is 9. The minimum absolute atomic E-state index is 0.0340. The van der Waals surface area contributed by atoms with Crippen molar-refractivity contribution >= 4 is 33.1 Å². The Morgan fingerprint density at radius 2 is 1.91 bits per heavy atom. The van der Waals surface area contributed by atoms with Gasteiger partial charge in [0.15, 0.2) is 21.3 Å². The van der Waals surface area contributed by atoms with Crippen molar-refractivity contribution in [2.24, 2.45) is 16.1 Å². The topological polar surface area (TPSA) is 154 Å². The highest BCUT2D eigenvalue weighted by atomic mass is 32.2. The zero-order valence-electron chi connectivity index (χ0n) is 19.6. The quantitative estimate of drug-likeness (QED) is 0.335. The van der Waals surface area contributed by atoms with Crippen molar-refractivity contribution in [3.8, 4) is 11.9 Å². The fraction of sp³-hybridized carbons (Fsp3) is 0.550. The Labute approximate surface area is 204 Å². The minimum atomic E-state index is -5.38. The number of H-pyrrole nitrogens is 1. The van der Waals surface area contributed by atoms with Crippen molar-refractivity contribution in [1.82, 2.24) is 14.8 Å². The molecule has 0 fully saturated rings. The van der Waals surface area contributed by atoms with Crippen LogP contribution in [0.3, 0.4) is 0 Å². The van der Waals surface area contributed by atoms with Crippen molar-refractivity contribution in [3.63, 3.8) is 0 Å². The summed E-state index contributed by atoms with van der Waals surface area (Å²) in [6.07, 6.45) is -3.55. The molecule has 0 aromatic carbocycles. The lowest BCUT2D eigenvalue weighted by molar-refractivity contribution is -0.139. The van der Waals surface area contributed by atoms with E-state index in [1.165, 1.54) is 13.8 Å². The highest BCUT2D eigenvalue weighted by Gasteiger charge is 2.45. The molecule has 15 heteroatoms. The number of sulfone groups is 1. The summed E-state index contributed by atoms with van der Waals surface area (Å²) in [7, 11) is -4.68. The van der Waals surface area contributed by atoms with Crippen LogP contribution in [0.2, 0.25) is 0 Å². The number of aromatic nitrogens is 3. The van der Waals surface area contributed by atoms with E-state index >= 15 is 0 Å². The molecule has 35 heavy (non-hydrogen) atoms. The third kappa shape index (κ3) is 5.87. The fourth-order valence-corrected chi connectivity index (χ4v) is 5.73. The van der Waals surface area contributed by atoms with Gasteiger partial charge in [-0.1, -0.05) is 20.8 Å². The molecule has 2 aromatic rings. The first kappa shape index (κ1) is 28.4. The molecule has 2 aromatic heterocycles. The van der Waals surface area contributed by atoms with Crippen LogP contribution in [0, 0.1) is 17.2 Å². The number of halogens is 3. The molecule has 192 valence electrons. The summed E-state index contributed by atoms with van der Waals surface area (Å²) in [6.45, 7) is 6.51. The van der Waals surface area contributed by atoms with Gasteiger partial charge in [-0.25, -0.2) is 8.42 Å². The van der Waals surface area contributed by atoms with E-state index < -0.39 is 55.4 Å². The van der Waals surface area contributed by atoms with Gasteiger partial charge in [0.1, 0.15) is 27.1 Å². The second kappa shape index (κ2) is 10.8. The third-order valence-corrected chi connectivity index (χ3v) is 7.54. The molecule has 0 aliphatic heterocycles. The maximum atomic E-state index is 14.2. The average Bonchev–Trinajstić information content (AvgIpc) is 3.13. The molecule has 2 N–H and O–H groups in total. The van der Waals surface area contributed by atoms with E-state index in [0.29, 0.717) is 4.57 Å². The Balaban J connectivity index is 3.02. The molecule has 0 aliphatic rings. The molecule has 0 spiro atoms. The number of alkyl halides is 3. The third-order valence-electron chi connectivity index (χ3n) is 4.91. The number of nitrogens with zero attached hydrogens (tertiary/aromatic N) is 5. The molecular weight excluding hydrogens is 509 g/mol. The molecule has 10 nitrogen and oxygen atoms in total. The summed E-state index contributed by atoms with van der Waals surface area (Å²) >= 11 is 1.07. The van der Waals surface area contributed by atoms with Gasteiger partial charge in [-0.2, -0.15) is 23.5 Å². The first-order chi connectivity index (χ1) is 16.2. The normalized spacial score (nSPS) is 13.5. The van der Waals surface area contributed by atoms with Crippen molar-refractivity contribution < 1.29 is 26.7 Å². The van der Waals surface area contributed by atoms with Crippen molar-refractivity contribution in [1.29, 1.82) is 5.26 Å². The second-order valence-corrected chi connectivity index (χ2v) is 11.0. The van der Waals surface area contributed by atoms with Crippen molar-refractivity contribution in [2.75, 3.05) is 12.0 Å². The van der Waals surface area contributed by atoms with Crippen LogP contribution in [0.1, 0.15) is 57.7 Å². The van der Waals surface area contributed by atoms with Crippen LogP contribution in [-0.4, -0.2) is 40.3 Å². The first-order valence-corrected chi connectivity index (χ1v) is 13.3. The van der Waals surface area contributed by atoms with Crippen molar-refractivity contribution in [2.45, 2.75) is 62.7 Å². The van der Waals surface area contributed by atoms with Crippen LogP contribution in [0.25, 0.3) is 0 Å². The Kier molecular flexibility index (Phi) is 8.77. The molecule has 2 rings (SSSR count).